The average molecular weight is 362 g/mol. The summed E-state index contributed by atoms with van der Waals surface area (Å²) in [6, 6.07) is 11.1. The lowest BCUT2D eigenvalue weighted by molar-refractivity contribution is 0.474. The molecule has 0 unspecified atom stereocenters. The van der Waals surface area contributed by atoms with Crippen LogP contribution in [-0.4, -0.2) is 20.1 Å². The molecule has 6 heteroatoms. The van der Waals surface area contributed by atoms with Gasteiger partial charge in [-0.25, -0.2) is 9.97 Å². The van der Waals surface area contributed by atoms with Gasteiger partial charge in [-0.15, -0.1) is 11.3 Å². The summed E-state index contributed by atoms with van der Waals surface area (Å²) in [5, 5.41) is 14.1. The van der Waals surface area contributed by atoms with Crippen LogP contribution >= 0.6 is 11.3 Å². The van der Waals surface area contributed by atoms with Crippen LogP contribution in [0.1, 0.15) is 16.0 Å². The second kappa shape index (κ2) is 6.72. The Kier molecular flexibility index (Phi) is 4.26. The Hall–Kier alpha value is -2.99. The summed E-state index contributed by atoms with van der Waals surface area (Å²) in [6.07, 6.45) is 3.51. The molecule has 0 amide bonds. The van der Waals surface area contributed by atoms with Gasteiger partial charge in [0.15, 0.2) is 5.82 Å². The number of phenols is 1. The van der Waals surface area contributed by atoms with Gasteiger partial charge in [-0.05, 0) is 49.2 Å². The number of hydrogen-bond donors (Lipinski definition) is 2. The molecule has 0 saturated carbocycles. The molecule has 4 aromatic rings. The summed E-state index contributed by atoms with van der Waals surface area (Å²) in [6.45, 7) is 4.77. The van der Waals surface area contributed by atoms with Gasteiger partial charge in [-0.3, -0.25) is 4.98 Å². The van der Waals surface area contributed by atoms with Crippen LogP contribution in [0.2, 0.25) is 0 Å². The highest BCUT2D eigenvalue weighted by Crippen LogP contribution is 2.35. The second-order valence-corrected chi connectivity index (χ2v) is 7.33. The molecule has 0 aliphatic rings. The van der Waals surface area contributed by atoms with Crippen LogP contribution in [0.5, 0.6) is 5.75 Å². The number of nitrogens with one attached hydrogen (secondary N) is 1. The molecule has 130 valence electrons. The third kappa shape index (κ3) is 3.11. The van der Waals surface area contributed by atoms with Crippen molar-refractivity contribution in [1.29, 1.82) is 0 Å². The molecule has 0 aliphatic carbocycles. The number of aromatic hydroxyl groups is 1. The van der Waals surface area contributed by atoms with E-state index in [1.54, 1.807) is 35.9 Å². The van der Waals surface area contributed by atoms with Crippen LogP contribution in [0.4, 0.5) is 5.82 Å². The van der Waals surface area contributed by atoms with Crippen LogP contribution in [0, 0.1) is 13.8 Å². The molecular weight excluding hydrogens is 344 g/mol. The maximum atomic E-state index is 9.66. The van der Waals surface area contributed by atoms with Gasteiger partial charge in [0.1, 0.15) is 16.4 Å². The monoisotopic (exact) mass is 362 g/mol. The number of hydrogen-bond acceptors (Lipinski definition) is 6. The minimum absolute atomic E-state index is 0.260. The zero-order valence-corrected chi connectivity index (χ0v) is 15.3. The normalized spacial score (nSPS) is 11.0. The molecule has 5 nitrogen and oxygen atoms in total. The average Bonchev–Trinajstić information content (AvgIpc) is 2.94. The minimum atomic E-state index is 0.260. The Morgan fingerprint density at radius 2 is 2.00 bits per heavy atom. The van der Waals surface area contributed by atoms with Crippen molar-refractivity contribution in [1.82, 2.24) is 15.0 Å². The Labute approximate surface area is 155 Å². The maximum Gasteiger partial charge on any atom is 0.164 e. The molecule has 3 aromatic heterocycles. The predicted molar refractivity (Wildman–Crippen MR) is 106 cm³/mol. The van der Waals surface area contributed by atoms with Crippen LogP contribution < -0.4 is 5.32 Å². The number of benzene rings is 1. The number of thiophene rings is 1. The molecule has 4 rings (SSSR count). The van der Waals surface area contributed by atoms with Crippen molar-refractivity contribution in [2.75, 3.05) is 5.32 Å². The Bertz CT molecular complexity index is 1080. The number of anilines is 1. The molecule has 0 aliphatic heterocycles. The van der Waals surface area contributed by atoms with Crippen molar-refractivity contribution in [3.8, 4) is 17.1 Å². The number of phenolic OH excluding ortho intramolecular Hbond substituents is 1. The summed E-state index contributed by atoms with van der Waals surface area (Å²) in [5.41, 5.74) is 3.07. The summed E-state index contributed by atoms with van der Waals surface area (Å²) in [7, 11) is 0. The number of pyridine rings is 1. The van der Waals surface area contributed by atoms with Gasteiger partial charge in [0.25, 0.3) is 0 Å². The van der Waals surface area contributed by atoms with Crippen LogP contribution in [0.3, 0.4) is 0 Å². The van der Waals surface area contributed by atoms with E-state index in [4.69, 9.17) is 9.97 Å². The van der Waals surface area contributed by atoms with E-state index in [-0.39, 0.29) is 5.75 Å². The van der Waals surface area contributed by atoms with E-state index in [9.17, 15) is 5.11 Å². The Morgan fingerprint density at radius 3 is 2.77 bits per heavy atom. The molecule has 0 saturated heterocycles. The summed E-state index contributed by atoms with van der Waals surface area (Å²) in [5.74, 6) is 1.72. The van der Waals surface area contributed by atoms with Crippen LogP contribution in [-0.2, 0) is 6.54 Å². The SMILES string of the molecule is Cc1sc2nc(-c3cccnc3)nc(NCc3cccc(O)c3)c2c1C. The van der Waals surface area contributed by atoms with Crippen molar-refractivity contribution in [2.45, 2.75) is 20.4 Å². The van der Waals surface area contributed by atoms with Gasteiger partial charge in [0, 0.05) is 29.4 Å². The number of aryl methyl sites for hydroxylation is 2. The Balaban J connectivity index is 1.78. The molecule has 0 atom stereocenters. The first kappa shape index (κ1) is 16.5. The fourth-order valence-corrected chi connectivity index (χ4v) is 3.88. The highest BCUT2D eigenvalue weighted by molar-refractivity contribution is 7.18. The fraction of sp³-hybridized carbons (Fsp3) is 0.150. The summed E-state index contributed by atoms with van der Waals surface area (Å²) >= 11 is 1.67. The maximum absolute atomic E-state index is 9.66. The number of fused-ring (bicyclic) bond motifs is 1. The third-order valence-electron chi connectivity index (χ3n) is 4.32. The van der Waals surface area contributed by atoms with Crippen LogP contribution in [0.25, 0.3) is 21.6 Å². The fourth-order valence-electron chi connectivity index (χ4n) is 2.85. The van der Waals surface area contributed by atoms with Crippen molar-refractivity contribution in [3.63, 3.8) is 0 Å². The lowest BCUT2D eigenvalue weighted by atomic mass is 10.2. The van der Waals surface area contributed by atoms with Crippen molar-refractivity contribution in [3.05, 3.63) is 64.8 Å². The zero-order valence-electron chi connectivity index (χ0n) is 14.5. The molecular formula is C20H18N4OS. The molecule has 0 bridgehead atoms. The van der Waals surface area contributed by atoms with Gasteiger partial charge >= 0.3 is 0 Å². The van der Waals surface area contributed by atoms with Gasteiger partial charge < -0.3 is 10.4 Å². The predicted octanol–water partition coefficient (Wildman–Crippen LogP) is 4.69. The van der Waals surface area contributed by atoms with E-state index >= 15 is 0 Å². The van der Waals surface area contributed by atoms with E-state index in [1.807, 2.05) is 24.3 Å². The molecule has 1 aromatic carbocycles. The molecule has 0 radical (unpaired) electrons. The smallest absolute Gasteiger partial charge is 0.164 e. The van der Waals surface area contributed by atoms with E-state index in [0.717, 1.165) is 27.2 Å². The van der Waals surface area contributed by atoms with E-state index in [1.165, 1.54) is 10.4 Å². The Morgan fingerprint density at radius 1 is 1.12 bits per heavy atom. The van der Waals surface area contributed by atoms with Gasteiger partial charge in [-0.2, -0.15) is 0 Å². The van der Waals surface area contributed by atoms with Crippen molar-refractivity contribution >= 4 is 27.4 Å². The van der Waals surface area contributed by atoms with E-state index in [0.29, 0.717) is 12.4 Å². The quantitative estimate of drug-likeness (QED) is 0.551. The lowest BCUT2D eigenvalue weighted by Crippen LogP contribution is -2.04. The minimum Gasteiger partial charge on any atom is -0.508 e. The summed E-state index contributed by atoms with van der Waals surface area (Å²) in [4.78, 5) is 15.9. The topological polar surface area (TPSA) is 70.9 Å². The zero-order chi connectivity index (χ0) is 18.1. The molecule has 0 fully saturated rings. The highest BCUT2D eigenvalue weighted by Gasteiger charge is 2.15. The molecule has 3 heterocycles. The van der Waals surface area contributed by atoms with E-state index in [2.05, 4.69) is 24.1 Å². The first-order valence-corrected chi connectivity index (χ1v) is 9.13. The largest absolute Gasteiger partial charge is 0.508 e. The second-order valence-electron chi connectivity index (χ2n) is 6.12. The highest BCUT2D eigenvalue weighted by atomic mass is 32.1. The van der Waals surface area contributed by atoms with Gasteiger partial charge in [-0.1, -0.05) is 12.1 Å². The molecule has 2 N–H and O–H groups in total. The first-order valence-electron chi connectivity index (χ1n) is 8.32. The standard InChI is InChI=1S/C20H18N4OS/c1-12-13(2)26-20-17(12)19(22-10-14-5-3-7-16(25)9-14)23-18(24-20)15-6-4-8-21-11-15/h3-9,11,25H,10H2,1-2H3,(H,22,23,24). The molecule has 26 heavy (non-hydrogen) atoms. The van der Waals surface area contributed by atoms with Crippen LogP contribution in [0.15, 0.2) is 48.8 Å². The number of rotatable bonds is 4. The number of aromatic nitrogens is 3. The van der Waals surface area contributed by atoms with Crippen molar-refractivity contribution < 1.29 is 5.11 Å². The lowest BCUT2D eigenvalue weighted by Gasteiger charge is -2.10. The van der Waals surface area contributed by atoms with E-state index < -0.39 is 0 Å². The summed E-state index contributed by atoms with van der Waals surface area (Å²) < 4.78 is 0. The molecule has 0 spiro atoms. The van der Waals surface area contributed by atoms with Gasteiger partial charge in [0.05, 0.1) is 5.39 Å². The van der Waals surface area contributed by atoms with Crippen molar-refractivity contribution in [2.24, 2.45) is 0 Å². The number of nitrogens with zero attached hydrogens (tertiary/aromatic N) is 3. The third-order valence-corrected chi connectivity index (χ3v) is 5.42. The van der Waals surface area contributed by atoms with Gasteiger partial charge in [0.2, 0.25) is 0 Å². The first-order chi connectivity index (χ1) is 12.6.